The van der Waals surface area contributed by atoms with Crippen LogP contribution in [0.1, 0.15) is 21.5 Å². The van der Waals surface area contributed by atoms with Crippen LogP contribution in [0.15, 0.2) is 48.7 Å². The van der Waals surface area contributed by atoms with Crippen molar-refractivity contribution in [2.75, 3.05) is 38.0 Å². The summed E-state index contributed by atoms with van der Waals surface area (Å²) in [4.78, 5) is 20.0. The molecule has 1 amide bonds. The fraction of sp³-hybridized carbons (Fsp3) is 0.261. The third-order valence-corrected chi connectivity index (χ3v) is 5.79. The first-order valence-electron chi connectivity index (χ1n) is 10.7. The molecule has 2 aromatic carbocycles. The number of aliphatic hydroxyl groups excluding tert-OH is 1. The Morgan fingerprint density at radius 3 is 2.61 bits per heavy atom. The molecule has 3 rings (SSSR count). The fourth-order valence-corrected chi connectivity index (χ4v) is 3.84. The van der Waals surface area contributed by atoms with Crippen LogP contribution in [0.4, 0.5) is 36.3 Å². The highest BCUT2D eigenvalue weighted by Crippen LogP contribution is 2.37. The SMILES string of the molecule is CNC(=O)c1ccccc1Nc1nc(Nc2ccc(CPOCCO)cc2OC)ncc1C(F)(F)F. The van der Waals surface area contributed by atoms with Crippen LogP contribution in [-0.4, -0.2) is 48.4 Å². The van der Waals surface area contributed by atoms with E-state index >= 15 is 0 Å². The number of rotatable bonds is 11. The molecule has 0 saturated carbocycles. The molecule has 1 heterocycles. The Morgan fingerprint density at radius 1 is 1.14 bits per heavy atom. The average Bonchev–Trinajstić information content (AvgIpc) is 2.86. The second kappa shape index (κ2) is 12.5. The molecule has 4 N–H and O–H groups in total. The van der Waals surface area contributed by atoms with E-state index in [4.69, 9.17) is 14.4 Å². The third kappa shape index (κ3) is 7.03. The molecule has 0 aliphatic carbocycles. The zero-order valence-electron chi connectivity index (χ0n) is 19.4. The Labute approximate surface area is 207 Å². The van der Waals surface area contributed by atoms with Crippen molar-refractivity contribution in [3.8, 4) is 5.75 Å². The number of para-hydroxylation sites is 1. The molecule has 0 saturated heterocycles. The molecule has 0 spiro atoms. The van der Waals surface area contributed by atoms with Gasteiger partial charge in [-0.15, -0.1) is 0 Å². The van der Waals surface area contributed by atoms with Gasteiger partial charge in [0.05, 0.1) is 37.3 Å². The van der Waals surface area contributed by atoms with Crippen molar-refractivity contribution in [1.29, 1.82) is 0 Å². The van der Waals surface area contributed by atoms with Gasteiger partial charge in [0.15, 0.2) is 0 Å². The summed E-state index contributed by atoms with van der Waals surface area (Å²) in [5.74, 6) is -0.662. The Morgan fingerprint density at radius 2 is 1.92 bits per heavy atom. The van der Waals surface area contributed by atoms with Crippen LogP contribution in [0.5, 0.6) is 5.75 Å². The van der Waals surface area contributed by atoms with Gasteiger partial charge in [-0.3, -0.25) is 4.79 Å². The molecule has 0 radical (unpaired) electrons. The molecule has 1 aromatic heterocycles. The molecule has 36 heavy (non-hydrogen) atoms. The molecule has 192 valence electrons. The van der Waals surface area contributed by atoms with Crippen LogP contribution < -0.4 is 20.7 Å². The predicted molar refractivity (Wildman–Crippen MR) is 131 cm³/mol. The van der Waals surface area contributed by atoms with Gasteiger partial charge in [0, 0.05) is 28.2 Å². The standard InChI is InChI=1S/C23H25F3N5O4P/c1-27-21(33)15-5-3-4-6-17(15)29-20-16(23(24,25)26)12-28-22(31-20)30-18-8-7-14(11-19(18)34-2)13-36-35-10-9-32/h3-8,11-12,32,36H,9-10,13H2,1-2H3,(H,27,33)(H2,28,29,30,31). The van der Waals surface area contributed by atoms with Gasteiger partial charge in [0.1, 0.15) is 17.1 Å². The van der Waals surface area contributed by atoms with Crippen molar-refractivity contribution in [2.24, 2.45) is 0 Å². The lowest BCUT2D eigenvalue weighted by atomic mass is 10.1. The van der Waals surface area contributed by atoms with Crippen molar-refractivity contribution in [1.82, 2.24) is 15.3 Å². The van der Waals surface area contributed by atoms with Crippen LogP contribution >= 0.6 is 8.81 Å². The lowest BCUT2D eigenvalue weighted by Crippen LogP contribution is -2.20. The maximum atomic E-state index is 13.7. The molecule has 9 nitrogen and oxygen atoms in total. The van der Waals surface area contributed by atoms with Gasteiger partial charge in [-0.1, -0.05) is 18.2 Å². The number of halogens is 3. The Bertz CT molecular complexity index is 1200. The van der Waals surface area contributed by atoms with Gasteiger partial charge < -0.3 is 30.3 Å². The van der Waals surface area contributed by atoms with Crippen molar-refractivity contribution >= 4 is 37.9 Å². The number of nitrogens with zero attached hydrogens (tertiary/aromatic N) is 2. The van der Waals surface area contributed by atoms with Crippen molar-refractivity contribution < 1.29 is 32.3 Å². The van der Waals surface area contributed by atoms with Gasteiger partial charge in [-0.2, -0.15) is 18.2 Å². The Hall–Kier alpha value is -3.47. The van der Waals surface area contributed by atoms with E-state index in [9.17, 15) is 18.0 Å². The minimum atomic E-state index is -4.74. The van der Waals surface area contributed by atoms with E-state index in [1.54, 1.807) is 24.3 Å². The summed E-state index contributed by atoms with van der Waals surface area (Å²) in [6.45, 7) is 0.199. The lowest BCUT2D eigenvalue weighted by molar-refractivity contribution is -0.137. The van der Waals surface area contributed by atoms with Crippen LogP contribution in [0.2, 0.25) is 0 Å². The number of aliphatic hydroxyl groups is 1. The van der Waals surface area contributed by atoms with E-state index in [0.29, 0.717) is 23.8 Å². The van der Waals surface area contributed by atoms with E-state index in [1.165, 1.54) is 26.3 Å². The first kappa shape index (κ1) is 27.1. The number of carbonyl (C=O) groups is 1. The highest BCUT2D eigenvalue weighted by Gasteiger charge is 2.35. The zero-order valence-corrected chi connectivity index (χ0v) is 20.4. The zero-order chi connectivity index (χ0) is 26.1. The number of methoxy groups -OCH3 is 1. The molecule has 0 bridgehead atoms. The van der Waals surface area contributed by atoms with Crippen LogP contribution in [0.3, 0.4) is 0 Å². The first-order valence-corrected chi connectivity index (χ1v) is 11.8. The number of alkyl halides is 3. The summed E-state index contributed by atoms with van der Waals surface area (Å²) < 4.78 is 51.8. The molecule has 1 unspecified atom stereocenters. The summed E-state index contributed by atoms with van der Waals surface area (Å²) in [7, 11) is 3.04. The molecule has 1 atom stereocenters. The van der Waals surface area contributed by atoms with Crippen molar-refractivity contribution in [3.05, 3.63) is 65.4 Å². The summed E-state index contributed by atoms with van der Waals surface area (Å²) >= 11 is 0. The number of nitrogens with one attached hydrogen (secondary N) is 3. The third-order valence-electron chi connectivity index (χ3n) is 4.83. The van der Waals surface area contributed by atoms with E-state index in [0.717, 1.165) is 5.56 Å². The summed E-state index contributed by atoms with van der Waals surface area (Å²) in [6, 6.07) is 11.4. The number of aromatic nitrogens is 2. The smallest absolute Gasteiger partial charge is 0.421 e. The highest BCUT2D eigenvalue weighted by atomic mass is 31.1. The molecular formula is C23H25F3N5O4P. The van der Waals surface area contributed by atoms with E-state index < -0.39 is 23.5 Å². The lowest BCUT2D eigenvalue weighted by Gasteiger charge is -2.17. The number of hydrogen-bond donors (Lipinski definition) is 4. The predicted octanol–water partition coefficient (Wildman–Crippen LogP) is 4.45. The summed E-state index contributed by atoms with van der Waals surface area (Å²) in [6.07, 6.45) is -3.46. The largest absolute Gasteiger partial charge is 0.495 e. The molecule has 3 aromatic rings. The van der Waals surface area contributed by atoms with Gasteiger partial charge in [0.2, 0.25) is 5.95 Å². The molecule has 0 fully saturated rings. The number of benzene rings is 2. The quantitative estimate of drug-likeness (QED) is 0.215. The van der Waals surface area contributed by atoms with E-state index in [2.05, 4.69) is 25.9 Å². The second-order valence-corrected chi connectivity index (χ2v) is 8.19. The second-order valence-electron chi connectivity index (χ2n) is 7.26. The number of amides is 1. The minimum Gasteiger partial charge on any atom is -0.495 e. The van der Waals surface area contributed by atoms with Crippen LogP contribution in [0, 0.1) is 0 Å². The topological polar surface area (TPSA) is 118 Å². The molecular weight excluding hydrogens is 498 g/mol. The van der Waals surface area contributed by atoms with Crippen molar-refractivity contribution in [3.63, 3.8) is 0 Å². The Balaban J connectivity index is 1.90. The number of ether oxygens (including phenoxy) is 1. The van der Waals surface area contributed by atoms with Crippen molar-refractivity contribution in [2.45, 2.75) is 12.3 Å². The van der Waals surface area contributed by atoms with Gasteiger partial charge in [0.25, 0.3) is 5.91 Å². The molecule has 0 aliphatic rings. The van der Waals surface area contributed by atoms with Gasteiger partial charge >= 0.3 is 6.18 Å². The summed E-state index contributed by atoms with van der Waals surface area (Å²) in [5.41, 5.74) is 0.568. The normalized spacial score (nSPS) is 11.5. The minimum absolute atomic E-state index is 0.0550. The monoisotopic (exact) mass is 523 g/mol. The maximum Gasteiger partial charge on any atom is 0.421 e. The van der Waals surface area contributed by atoms with Gasteiger partial charge in [-0.25, -0.2) is 4.98 Å². The summed E-state index contributed by atoms with van der Waals surface area (Å²) in [5, 5.41) is 16.8. The fourth-order valence-electron chi connectivity index (χ4n) is 3.12. The van der Waals surface area contributed by atoms with E-state index in [-0.39, 0.29) is 39.2 Å². The molecule has 13 heteroatoms. The van der Waals surface area contributed by atoms with Crippen LogP contribution in [0.25, 0.3) is 0 Å². The number of hydrogen-bond acceptors (Lipinski definition) is 8. The highest BCUT2D eigenvalue weighted by molar-refractivity contribution is 7.31. The molecule has 0 aliphatic heterocycles. The van der Waals surface area contributed by atoms with Gasteiger partial charge in [-0.05, 0) is 29.8 Å². The Kier molecular flexibility index (Phi) is 9.40. The maximum absolute atomic E-state index is 13.7. The first-order chi connectivity index (χ1) is 17.3. The number of carbonyl (C=O) groups excluding carboxylic acids is 1. The van der Waals surface area contributed by atoms with Crippen LogP contribution in [-0.2, 0) is 16.9 Å². The average molecular weight is 523 g/mol. The van der Waals surface area contributed by atoms with E-state index in [1.807, 2.05) is 6.07 Å². The number of anilines is 4.